The zero-order chi connectivity index (χ0) is 14.7. The summed E-state index contributed by atoms with van der Waals surface area (Å²) in [5.74, 6) is 0. The lowest BCUT2D eigenvalue weighted by molar-refractivity contribution is 0.726. The van der Waals surface area contributed by atoms with Gasteiger partial charge in [-0.1, -0.05) is 13.0 Å². The van der Waals surface area contributed by atoms with Crippen molar-refractivity contribution >= 4 is 15.9 Å². The van der Waals surface area contributed by atoms with Crippen LogP contribution in [0.1, 0.15) is 29.4 Å². The molecule has 4 nitrogen and oxygen atoms in total. The van der Waals surface area contributed by atoms with Gasteiger partial charge in [0.25, 0.3) is 0 Å². The van der Waals surface area contributed by atoms with E-state index in [9.17, 15) is 5.26 Å². The van der Waals surface area contributed by atoms with Crippen molar-refractivity contribution in [1.82, 2.24) is 15.1 Å². The fourth-order valence-electron chi connectivity index (χ4n) is 2.09. The average Bonchev–Trinajstić information content (AvgIpc) is 2.72. The van der Waals surface area contributed by atoms with Gasteiger partial charge in [-0.15, -0.1) is 0 Å². The molecule has 0 saturated carbocycles. The molecule has 0 amide bonds. The van der Waals surface area contributed by atoms with Crippen molar-refractivity contribution < 1.29 is 0 Å². The third-order valence-electron chi connectivity index (χ3n) is 3.19. The van der Waals surface area contributed by atoms with Crippen molar-refractivity contribution in [3.05, 3.63) is 45.2 Å². The average molecular weight is 333 g/mol. The van der Waals surface area contributed by atoms with Crippen LogP contribution in [-0.2, 0) is 6.54 Å². The largest absolute Gasteiger partial charge is 0.313 e. The molecule has 0 radical (unpaired) electrons. The predicted octanol–water partition coefficient (Wildman–Crippen LogP) is 3.23. The number of aryl methyl sites for hydroxylation is 1. The van der Waals surface area contributed by atoms with Crippen LogP contribution in [0.5, 0.6) is 0 Å². The molecule has 0 unspecified atom stereocenters. The first kappa shape index (κ1) is 14.8. The van der Waals surface area contributed by atoms with E-state index in [-0.39, 0.29) is 0 Å². The first-order chi connectivity index (χ1) is 9.58. The molecule has 0 fully saturated rings. The summed E-state index contributed by atoms with van der Waals surface area (Å²) in [6.45, 7) is 7.67. The summed E-state index contributed by atoms with van der Waals surface area (Å²) >= 11 is 3.52. The van der Waals surface area contributed by atoms with E-state index in [0.717, 1.165) is 40.2 Å². The molecule has 1 aromatic carbocycles. The number of aromatic nitrogens is 2. The van der Waals surface area contributed by atoms with E-state index in [0.29, 0.717) is 5.56 Å². The maximum Gasteiger partial charge on any atom is 0.101 e. The summed E-state index contributed by atoms with van der Waals surface area (Å²) in [6.07, 6.45) is 0. The normalized spacial score (nSPS) is 10.6. The lowest BCUT2D eigenvalue weighted by Gasteiger charge is -2.09. The Hall–Kier alpha value is -1.64. The minimum Gasteiger partial charge on any atom is -0.313 e. The maximum atomic E-state index is 9.37. The predicted molar refractivity (Wildman–Crippen MR) is 82.8 cm³/mol. The summed E-state index contributed by atoms with van der Waals surface area (Å²) in [6, 6.07) is 8.17. The Balaban J connectivity index is 2.47. The number of benzene rings is 1. The van der Waals surface area contributed by atoms with Crippen LogP contribution in [0.15, 0.2) is 22.7 Å². The second-order valence-corrected chi connectivity index (χ2v) is 5.43. The molecule has 0 aliphatic heterocycles. The molecule has 0 bridgehead atoms. The third kappa shape index (κ3) is 2.77. The lowest BCUT2D eigenvalue weighted by atomic mass is 10.1. The number of nitrogens with zero attached hydrogens (tertiary/aromatic N) is 3. The van der Waals surface area contributed by atoms with Crippen LogP contribution in [0.4, 0.5) is 0 Å². The van der Waals surface area contributed by atoms with Gasteiger partial charge in [-0.3, -0.25) is 0 Å². The van der Waals surface area contributed by atoms with Gasteiger partial charge in [0.05, 0.1) is 27.1 Å². The van der Waals surface area contributed by atoms with Gasteiger partial charge in [0.2, 0.25) is 0 Å². The second kappa shape index (κ2) is 6.21. The van der Waals surface area contributed by atoms with E-state index in [1.54, 1.807) is 0 Å². The zero-order valence-electron chi connectivity index (χ0n) is 11.9. The van der Waals surface area contributed by atoms with Crippen LogP contribution >= 0.6 is 15.9 Å². The Kier molecular flexibility index (Phi) is 4.58. The van der Waals surface area contributed by atoms with Gasteiger partial charge in [-0.2, -0.15) is 10.4 Å². The number of hydrogen-bond acceptors (Lipinski definition) is 3. The van der Waals surface area contributed by atoms with E-state index >= 15 is 0 Å². The smallest absolute Gasteiger partial charge is 0.101 e. The minimum atomic E-state index is 0.638. The van der Waals surface area contributed by atoms with Crippen LogP contribution in [0.2, 0.25) is 0 Å². The summed E-state index contributed by atoms with van der Waals surface area (Å²) in [5.41, 5.74) is 4.48. The molecule has 20 heavy (non-hydrogen) atoms. The lowest BCUT2D eigenvalue weighted by Crippen LogP contribution is -2.12. The molecule has 104 valence electrons. The topological polar surface area (TPSA) is 53.6 Å². The van der Waals surface area contributed by atoms with Gasteiger partial charge in [0.15, 0.2) is 0 Å². The molecule has 2 rings (SSSR count). The van der Waals surface area contributed by atoms with E-state index in [1.807, 2.05) is 36.7 Å². The van der Waals surface area contributed by atoms with Crippen molar-refractivity contribution in [2.45, 2.75) is 27.3 Å². The molecule has 2 aromatic rings. The van der Waals surface area contributed by atoms with E-state index in [4.69, 9.17) is 0 Å². The molecule has 0 aliphatic rings. The van der Waals surface area contributed by atoms with Crippen LogP contribution in [0.25, 0.3) is 5.69 Å². The molecular weight excluding hydrogens is 316 g/mol. The Labute approximate surface area is 127 Å². The van der Waals surface area contributed by atoms with Crippen molar-refractivity contribution in [2.75, 3.05) is 6.54 Å². The summed E-state index contributed by atoms with van der Waals surface area (Å²) < 4.78 is 2.80. The van der Waals surface area contributed by atoms with Crippen molar-refractivity contribution in [3.63, 3.8) is 0 Å². The monoisotopic (exact) mass is 332 g/mol. The minimum absolute atomic E-state index is 0.638. The molecule has 1 N–H and O–H groups in total. The van der Waals surface area contributed by atoms with Gasteiger partial charge in [0.1, 0.15) is 6.07 Å². The highest BCUT2D eigenvalue weighted by Gasteiger charge is 2.13. The van der Waals surface area contributed by atoms with Crippen LogP contribution < -0.4 is 5.32 Å². The summed E-state index contributed by atoms with van der Waals surface area (Å²) in [4.78, 5) is 0. The molecule has 0 spiro atoms. The third-order valence-corrected chi connectivity index (χ3v) is 4.34. The van der Waals surface area contributed by atoms with Gasteiger partial charge in [0, 0.05) is 6.54 Å². The molecule has 0 aliphatic carbocycles. The molecule has 0 saturated heterocycles. The van der Waals surface area contributed by atoms with Crippen molar-refractivity contribution in [2.24, 2.45) is 0 Å². The first-order valence-electron chi connectivity index (χ1n) is 6.54. The maximum absolute atomic E-state index is 9.37. The molecule has 1 aromatic heterocycles. The fourth-order valence-corrected chi connectivity index (χ4v) is 2.34. The quantitative estimate of drug-likeness (QED) is 0.935. The molecule has 5 heteroatoms. The summed E-state index contributed by atoms with van der Waals surface area (Å²) in [5, 5.41) is 17.1. The zero-order valence-corrected chi connectivity index (χ0v) is 13.5. The Bertz CT molecular complexity index is 667. The number of halogens is 1. The van der Waals surface area contributed by atoms with E-state index in [1.165, 1.54) is 0 Å². The molecule has 1 heterocycles. The van der Waals surface area contributed by atoms with Crippen molar-refractivity contribution in [3.8, 4) is 11.8 Å². The number of hydrogen-bond donors (Lipinski definition) is 1. The fraction of sp³-hybridized carbons (Fsp3) is 0.333. The van der Waals surface area contributed by atoms with Gasteiger partial charge < -0.3 is 5.32 Å². The highest BCUT2D eigenvalue weighted by molar-refractivity contribution is 9.10. The van der Waals surface area contributed by atoms with Crippen LogP contribution in [-0.4, -0.2) is 16.3 Å². The van der Waals surface area contributed by atoms with Crippen LogP contribution in [0.3, 0.4) is 0 Å². The standard InChI is InChI=1S/C15H17BrN4/c1-4-18-9-12-5-6-14(13(7-12)8-17)20-11(3)15(16)10(2)19-20/h5-7,18H,4,9H2,1-3H3. The van der Waals surface area contributed by atoms with E-state index < -0.39 is 0 Å². The van der Waals surface area contributed by atoms with E-state index in [2.05, 4.69) is 39.3 Å². The Morgan fingerprint density at radius 2 is 2.15 bits per heavy atom. The number of nitrogens with one attached hydrogen (secondary N) is 1. The Morgan fingerprint density at radius 3 is 2.70 bits per heavy atom. The molecular formula is C15H17BrN4. The highest BCUT2D eigenvalue weighted by Crippen LogP contribution is 2.25. The van der Waals surface area contributed by atoms with Gasteiger partial charge in [-0.25, -0.2) is 4.68 Å². The summed E-state index contributed by atoms with van der Waals surface area (Å²) in [7, 11) is 0. The van der Waals surface area contributed by atoms with Gasteiger partial charge in [-0.05, 0) is 54.0 Å². The van der Waals surface area contributed by atoms with Crippen LogP contribution in [0, 0.1) is 25.2 Å². The Morgan fingerprint density at radius 1 is 1.40 bits per heavy atom. The van der Waals surface area contributed by atoms with Crippen molar-refractivity contribution in [1.29, 1.82) is 5.26 Å². The highest BCUT2D eigenvalue weighted by atomic mass is 79.9. The second-order valence-electron chi connectivity index (χ2n) is 4.64. The number of nitriles is 1. The first-order valence-corrected chi connectivity index (χ1v) is 7.33. The van der Waals surface area contributed by atoms with Gasteiger partial charge >= 0.3 is 0 Å². The SMILES string of the molecule is CCNCc1ccc(-n2nc(C)c(Br)c2C)c(C#N)c1. The number of rotatable bonds is 4. The molecule has 0 atom stereocenters.